The number of rotatable bonds is 4. The van der Waals surface area contributed by atoms with Crippen LogP contribution in [0.4, 0.5) is 5.82 Å². The molecule has 0 atom stereocenters. The Kier molecular flexibility index (Phi) is 7.25. The number of pyridine rings is 1. The number of hydrogen-bond acceptors (Lipinski definition) is 6. The van der Waals surface area contributed by atoms with Crippen molar-refractivity contribution in [2.24, 2.45) is 0 Å². The van der Waals surface area contributed by atoms with E-state index in [0.717, 1.165) is 47.6 Å². The highest BCUT2D eigenvalue weighted by Crippen LogP contribution is 2.31. The van der Waals surface area contributed by atoms with E-state index in [1.807, 2.05) is 51.8 Å². The minimum Gasteiger partial charge on any atom is -0.483 e. The molecule has 2 N–H and O–H groups in total. The molecule has 0 fully saturated rings. The fraction of sp³-hybridized carbons (Fsp3) is 0.476. The molecule has 2 heterocycles. The number of aromatic nitrogens is 3. The molecule has 8 nitrogen and oxygen atoms in total. The predicted octanol–water partition coefficient (Wildman–Crippen LogP) is 2.39. The Morgan fingerprint density at radius 1 is 1.31 bits per heavy atom. The quantitative estimate of drug-likeness (QED) is 0.760. The monoisotopic (exact) mass is 399 g/mol. The minimum atomic E-state index is -0.250. The zero-order chi connectivity index (χ0) is 21.6. The molecule has 0 unspecified atom stereocenters. The first kappa shape index (κ1) is 22.3. The van der Waals surface area contributed by atoms with Crippen LogP contribution in [-0.2, 0) is 22.4 Å². The molecule has 3 rings (SSSR count). The Balaban J connectivity index is 0.000000941. The number of amides is 1. The molecule has 2 aromatic heterocycles. The van der Waals surface area contributed by atoms with E-state index >= 15 is 0 Å². The van der Waals surface area contributed by atoms with Crippen LogP contribution in [0.25, 0.3) is 11.5 Å². The Labute approximate surface area is 171 Å². The van der Waals surface area contributed by atoms with E-state index in [1.165, 1.54) is 0 Å². The summed E-state index contributed by atoms with van der Waals surface area (Å²) in [5.41, 5.74) is 3.84. The van der Waals surface area contributed by atoms with E-state index in [9.17, 15) is 4.79 Å². The number of hydrogen-bond donors (Lipinski definition) is 2. The Morgan fingerprint density at radius 3 is 2.62 bits per heavy atom. The van der Waals surface area contributed by atoms with Gasteiger partial charge in [0, 0.05) is 30.0 Å². The molecule has 0 aliphatic heterocycles. The Morgan fingerprint density at radius 2 is 2.00 bits per heavy atom. The van der Waals surface area contributed by atoms with Crippen molar-refractivity contribution in [3.05, 3.63) is 35.2 Å². The van der Waals surface area contributed by atoms with Gasteiger partial charge in [-0.3, -0.25) is 14.6 Å². The first-order valence-electron chi connectivity index (χ1n) is 9.58. The third-order valence-electron chi connectivity index (χ3n) is 4.39. The summed E-state index contributed by atoms with van der Waals surface area (Å²) in [4.78, 5) is 36.7. The molecule has 29 heavy (non-hydrogen) atoms. The van der Waals surface area contributed by atoms with Crippen LogP contribution in [0.2, 0.25) is 0 Å². The number of aryl methyl sites for hydroxylation is 2. The average Bonchev–Trinajstić information content (AvgIpc) is 3.08. The molecule has 1 aliphatic rings. The number of fused-ring (bicyclic) bond motifs is 1. The molecule has 0 saturated heterocycles. The van der Waals surface area contributed by atoms with E-state index < -0.39 is 0 Å². The van der Waals surface area contributed by atoms with Crippen molar-refractivity contribution in [1.29, 1.82) is 0 Å². The van der Waals surface area contributed by atoms with Gasteiger partial charge in [0.1, 0.15) is 11.5 Å². The predicted molar refractivity (Wildman–Crippen MR) is 112 cm³/mol. The first-order chi connectivity index (χ1) is 13.7. The molecular formula is C21H29N5O3. The highest BCUT2D eigenvalue weighted by Gasteiger charge is 2.24. The smallest absolute Gasteiger partial charge is 0.290 e. The number of carboxylic acid groups (broad SMARTS) is 1. The van der Waals surface area contributed by atoms with Crippen molar-refractivity contribution < 1.29 is 14.7 Å². The maximum absolute atomic E-state index is 12.3. The van der Waals surface area contributed by atoms with Gasteiger partial charge in [0.25, 0.3) is 6.47 Å². The lowest BCUT2D eigenvalue weighted by atomic mass is 10.1. The van der Waals surface area contributed by atoms with Gasteiger partial charge in [-0.05, 0) is 58.6 Å². The Bertz CT molecular complexity index is 877. The van der Waals surface area contributed by atoms with Gasteiger partial charge < -0.3 is 15.3 Å². The summed E-state index contributed by atoms with van der Waals surface area (Å²) in [5, 5.41) is 9.90. The van der Waals surface area contributed by atoms with Gasteiger partial charge in [-0.1, -0.05) is 6.07 Å². The lowest BCUT2D eigenvalue weighted by Gasteiger charge is -2.25. The number of anilines is 1. The molecule has 1 aliphatic carbocycles. The highest BCUT2D eigenvalue weighted by atomic mass is 16.3. The van der Waals surface area contributed by atoms with Crippen molar-refractivity contribution in [3.63, 3.8) is 0 Å². The summed E-state index contributed by atoms with van der Waals surface area (Å²) in [6.07, 6.45) is 4.74. The third-order valence-corrected chi connectivity index (χ3v) is 4.39. The SMILES string of the molecule is Cc1cccnc1-c1nc2c(c(N(C)CC(=O)NC(C)(C)C)n1)CCC2.O=CO. The maximum Gasteiger partial charge on any atom is 0.290 e. The van der Waals surface area contributed by atoms with Gasteiger partial charge in [0.2, 0.25) is 5.91 Å². The topological polar surface area (TPSA) is 108 Å². The van der Waals surface area contributed by atoms with E-state index in [2.05, 4.69) is 10.3 Å². The van der Waals surface area contributed by atoms with Gasteiger partial charge in [-0.25, -0.2) is 9.97 Å². The summed E-state index contributed by atoms with van der Waals surface area (Å²) in [5.74, 6) is 1.47. The number of carbonyl (C=O) groups excluding carboxylic acids is 1. The second-order valence-corrected chi connectivity index (χ2v) is 8.08. The van der Waals surface area contributed by atoms with E-state index in [-0.39, 0.29) is 24.5 Å². The summed E-state index contributed by atoms with van der Waals surface area (Å²) >= 11 is 0. The normalized spacial score (nSPS) is 12.4. The summed E-state index contributed by atoms with van der Waals surface area (Å²) in [6, 6.07) is 3.93. The van der Waals surface area contributed by atoms with Gasteiger partial charge in [0.15, 0.2) is 5.82 Å². The van der Waals surface area contributed by atoms with E-state index in [0.29, 0.717) is 5.82 Å². The zero-order valence-corrected chi connectivity index (χ0v) is 17.7. The largest absolute Gasteiger partial charge is 0.483 e. The fourth-order valence-corrected chi connectivity index (χ4v) is 3.30. The molecule has 0 saturated carbocycles. The van der Waals surface area contributed by atoms with Crippen LogP contribution in [-0.4, -0.2) is 51.6 Å². The van der Waals surface area contributed by atoms with Crippen LogP contribution >= 0.6 is 0 Å². The molecule has 1 amide bonds. The zero-order valence-electron chi connectivity index (χ0n) is 17.7. The molecule has 0 spiro atoms. The minimum absolute atomic E-state index is 0.0130. The van der Waals surface area contributed by atoms with Crippen molar-refractivity contribution in [2.45, 2.75) is 52.5 Å². The van der Waals surface area contributed by atoms with Crippen LogP contribution < -0.4 is 10.2 Å². The lowest BCUT2D eigenvalue weighted by Crippen LogP contribution is -2.45. The number of nitrogens with zero attached hydrogens (tertiary/aromatic N) is 4. The van der Waals surface area contributed by atoms with Crippen LogP contribution in [0, 0.1) is 6.92 Å². The second-order valence-electron chi connectivity index (χ2n) is 8.08. The highest BCUT2D eigenvalue weighted by molar-refractivity contribution is 5.82. The molecule has 156 valence electrons. The van der Waals surface area contributed by atoms with Crippen LogP contribution in [0.1, 0.15) is 44.0 Å². The molecule has 0 bridgehead atoms. The van der Waals surface area contributed by atoms with Crippen LogP contribution in [0.15, 0.2) is 18.3 Å². The van der Waals surface area contributed by atoms with Gasteiger partial charge in [0.05, 0.1) is 6.54 Å². The van der Waals surface area contributed by atoms with Gasteiger partial charge >= 0.3 is 0 Å². The van der Waals surface area contributed by atoms with Gasteiger partial charge in [-0.2, -0.15) is 0 Å². The second kappa shape index (κ2) is 9.45. The lowest BCUT2D eigenvalue weighted by molar-refractivity contribution is -0.123. The average molecular weight is 399 g/mol. The van der Waals surface area contributed by atoms with Crippen molar-refractivity contribution in [3.8, 4) is 11.5 Å². The van der Waals surface area contributed by atoms with Crippen molar-refractivity contribution >= 4 is 18.2 Å². The number of carbonyl (C=O) groups is 2. The third kappa shape index (κ3) is 5.97. The van der Waals surface area contributed by atoms with Crippen LogP contribution in [0.5, 0.6) is 0 Å². The summed E-state index contributed by atoms with van der Waals surface area (Å²) in [6.45, 7) is 7.97. The van der Waals surface area contributed by atoms with Crippen LogP contribution in [0.3, 0.4) is 0 Å². The molecule has 2 aromatic rings. The molecule has 8 heteroatoms. The van der Waals surface area contributed by atoms with E-state index in [1.54, 1.807) is 6.20 Å². The molecule has 0 radical (unpaired) electrons. The summed E-state index contributed by atoms with van der Waals surface area (Å²) < 4.78 is 0. The first-order valence-corrected chi connectivity index (χ1v) is 9.58. The Hall–Kier alpha value is -3.03. The molecule has 0 aromatic carbocycles. The van der Waals surface area contributed by atoms with Gasteiger partial charge in [-0.15, -0.1) is 0 Å². The summed E-state index contributed by atoms with van der Waals surface area (Å²) in [7, 11) is 1.91. The van der Waals surface area contributed by atoms with Crippen molar-refractivity contribution in [2.75, 3.05) is 18.5 Å². The maximum atomic E-state index is 12.3. The number of likely N-dealkylation sites (N-methyl/N-ethyl adjacent to an activating group) is 1. The molecular weight excluding hydrogens is 370 g/mol. The van der Waals surface area contributed by atoms with Crippen molar-refractivity contribution in [1.82, 2.24) is 20.3 Å². The fourth-order valence-electron chi connectivity index (χ4n) is 3.30. The van der Waals surface area contributed by atoms with E-state index in [4.69, 9.17) is 19.9 Å². The standard InChI is InChI=1S/C20H27N5O.CH2O2/c1-13-8-7-11-21-17(13)18-22-15-10-6-9-14(15)19(23-18)25(5)12-16(26)24-20(2,3)4;2-1-3/h7-8,11H,6,9-10,12H2,1-5H3,(H,24,26);1H,(H,2,3). The number of nitrogens with one attached hydrogen (secondary N) is 1.